The van der Waals surface area contributed by atoms with Gasteiger partial charge >= 0.3 is 0 Å². The van der Waals surface area contributed by atoms with Crippen LogP contribution in [0, 0.1) is 17.2 Å². The van der Waals surface area contributed by atoms with Crippen LogP contribution < -0.4 is 0 Å². The third-order valence-electron chi connectivity index (χ3n) is 2.46. The standard InChI is InChI=1S/C15H23NO/c1-5-7-15(17)14(11-16)10-13(4)9-6-8-12(2)3/h5,7-8,10,14-15,17H,6,9H2,1-4H3/b7-5+,13-10+/t14-,15+/m0/s1. The fraction of sp³-hybridized carbons (Fsp3) is 0.533. The van der Waals surface area contributed by atoms with Gasteiger partial charge in [-0.15, -0.1) is 0 Å². The first kappa shape index (κ1) is 15.7. The third-order valence-corrected chi connectivity index (χ3v) is 2.46. The highest BCUT2D eigenvalue weighted by molar-refractivity contribution is 5.14. The van der Waals surface area contributed by atoms with Crippen molar-refractivity contribution in [1.29, 1.82) is 5.26 Å². The predicted molar refractivity (Wildman–Crippen MR) is 72.3 cm³/mol. The first-order valence-electron chi connectivity index (χ1n) is 6.02. The number of aliphatic hydroxyl groups is 1. The van der Waals surface area contributed by atoms with Gasteiger partial charge in [0.15, 0.2) is 0 Å². The van der Waals surface area contributed by atoms with Crippen LogP contribution in [0.25, 0.3) is 0 Å². The monoisotopic (exact) mass is 233 g/mol. The fourth-order valence-corrected chi connectivity index (χ4v) is 1.51. The maximum atomic E-state index is 9.71. The molecule has 0 rings (SSSR count). The molecule has 0 bridgehead atoms. The fourth-order valence-electron chi connectivity index (χ4n) is 1.51. The number of nitrogens with zero attached hydrogens (tertiary/aromatic N) is 1. The Bertz CT molecular complexity index is 340. The second-order valence-corrected chi connectivity index (χ2v) is 4.50. The van der Waals surface area contributed by atoms with Crippen LogP contribution >= 0.6 is 0 Å². The highest BCUT2D eigenvalue weighted by Gasteiger charge is 2.12. The Balaban J connectivity index is 4.43. The highest BCUT2D eigenvalue weighted by atomic mass is 16.3. The van der Waals surface area contributed by atoms with E-state index in [0.717, 1.165) is 18.4 Å². The quantitative estimate of drug-likeness (QED) is 0.710. The lowest BCUT2D eigenvalue weighted by Gasteiger charge is -2.10. The smallest absolute Gasteiger partial charge is 0.0941 e. The van der Waals surface area contributed by atoms with E-state index in [9.17, 15) is 5.11 Å². The molecular weight excluding hydrogens is 210 g/mol. The van der Waals surface area contributed by atoms with Crippen LogP contribution in [0.15, 0.2) is 35.5 Å². The summed E-state index contributed by atoms with van der Waals surface area (Å²) in [7, 11) is 0. The van der Waals surface area contributed by atoms with Crippen molar-refractivity contribution in [2.75, 3.05) is 0 Å². The third kappa shape index (κ3) is 7.54. The first-order chi connectivity index (χ1) is 8.01. The van der Waals surface area contributed by atoms with Crippen LogP contribution in [0.5, 0.6) is 0 Å². The molecule has 94 valence electrons. The lowest BCUT2D eigenvalue weighted by atomic mass is 9.99. The molecule has 0 aliphatic heterocycles. The summed E-state index contributed by atoms with van der Waals surface area (Å²) >= 11 is 0. The molecule has 2 nitrogen and oxygen atoms in total. The first-order valence-corrected chi connectivity index (χ1v) is 6.02. The van der Waals surface area contributed by atoms with E-state index in [2.05, 4.69) is 26.0 Å². The van der Waals surface area contributed by atoms with Crippen LogP contribution in [-0.4, -0.2) is 11.2 Å². The molecule has 2 atom stereocenters. The van der Waals surface area contributed by atoms with Gasteiger partial charge < -0.3 is 5.11 Å². The summed E-state index contributed by atoms with van der Waals surface area (Å²) in [5.41, 5.74) is 2.46. The van der Waals surface area contributed by atoms with Crippen LogP contribution in [0.2, 0.25) is 0 Å². The van der Waals surface area contributed by atoms with Gasteiger partial charge in [-0.25, -0.2) is 0 Å². The Labute approximate surface area is 105 Å². The maximum Gasteiger partial charge on any atom is 0.0941 e. The van der Waals surface area contributed by atoms with E-state index >= 15 is 0 Å². The number of allylic oxidation sites excluding steroid dienone is 4. The molecule has 17 heavy (non-hydrogen) atoms. The van der Waals surface area contributed by atoms with Crippen molar-refractivity contribution in [3.05, 3.63) is 35.5 Å². The lowest BCUT2D eigenvalue weighted by molar-refractivity contribution is 0.199. The van der Waals surface area contributed by atoms with Crippen LogP contribution in [0.4, 0.5) is 0 Å². The van der Waals surface area contributed by atoms with Gasteiger partial charge in [-0.1, -0.05) is 35.5 Å². The van der Waals surface area contributed by atoms with Gasteiger partial charge in [-0.2, -0.15) is 5.26 Å². The zero-order valence-electron chi connectivity index (χ0n) is 11.3. The van der Waals surface area contributed by atoms with E-state index in [1.54, 1.807) is 12.2 Å². The van der Waals surface area contributed by atoms with Gasteiger partial charge in [0.05, 0.1) is 18.1 Å². The van der Waals surface area contributed by atoms with Crippen molar-refractivity contribution in [3.63, 3.8) is 0 Å². The number of aliphatic hydroxyl groups excluding tert-OH is 1. The normalized spacial score (nSPS) is 15.4. The molecule has 0 aromatic heterocycles. The van der Waals surface area contributed by atoms with E-state index in [-0.39, 0.29) is 0 Å². The summed E-state index contributed by atoms with van der Waals surface area (Å²) in [6, 6.07) is 2.12. The van der Waals surface area contributed by atoms with Crippen molar-refractivity contribution >= 4 is 0 Å². The van der Waals surface area contributed by atoms with Crippen LogP contribution in [-0.2, 0) is 0 Å². The molecule has 0 aromatic carbocycles. The molecule has 0 aliphatic carbocycles. The zero-order valence-corrected chi connectivity index (χ0v) is 11.3. The van der Waals surface area contributed by atoms with Crippen molar-refractivity contribution in [1.82, 2.24) is 0 Å². The van der Waals surface area contributed by atoms with Crippen molar-refractivity contribution < 1.29 is 5.11 Å². The Hall–Kier alpha value is -1.33. The lowest BCUT2D eigenvalue weighted by Crippen LogP contribution is -2.14. The molecule has 0 aromatic rings. The largest absolute Gasteiger partial charge is 0.387 e. The van der Waals surface area contributed by atoms with Gasteiger partial charge in [-0.05, 0) is 40.5 Å². The molecule has 0 aliphatic rings. The van der Waals surface area contributed by atoms with Gasteiger partial charge in [0.25, 0.3) is 0 Å². The summed E-state index contributed by atoms with van der Waals surface area (Å²) < 4.78 is 0. The van der Waals surface area contributed by atoms with Gasteiger partial charge in [0, 0.05) is 0 Å². The van der Waals surface area contributed by atoms with E-state index in [1.807, 2.05) is 19.9 Å². The predicted octanol–water partition coefficient (Wildman–Crippen LogP) is 3.76. The summed E-state index contributed by atoms with van der Waals surface area (Å²) in [6.07, 6.45) is 8.68. The average Bonchev–Trinajstić information content (AvgIpc) is 2.25. The number of hydrogen-bond donors (Lipinski definition) is 1. The van der Waals surface area contributed by atoms with Crippen molar-refractivity contribution in [2.45, 2.75) is 46.6 Å². The molecular formula is C15H23NO. The Morgan fingerprint density at radius 1 is 1.35 bits per heavy atom. The number of hydrogen-bond acceptors (Lipinski definition) is 2. The average molecular weight is 233 g/mol. The maximum absolute atomic E-state index is 9.71. The molecule has 0 heterocycles. The zero-order chi connectivity index (χ0) is 13.3. The SMILES string of the molecule is C/C=C/[C@@H](O)[C@H](C#N)/C=C(\C)CCC=C(C)C. The van der Waals surface area contributed by atoms with Crippen molar-refractivity contribution in [2.24, 2.45) is 5.92 Å². The topological polar surface area (TPSA) is 44.0 Å². The molecule has 0 fully saturated rings. The molecule has 0 saturated heterocycles. The number of rotatable bonds is 6. The molecule has 0 radical (unpaired) electrons. The molecule has 1 N–H and O–H groups in total. The minimum absolute atomic E-state index is 0.446. The molecule has 0 unspecified atom stereocenters. The van der Waals surface area contributed by atoms with Crippen molar-refractivity contribution in [3.8, 4) is 6.07 Å². The minimum Gasteiger partial charge on any atom is -0.387 e. The minimum atomic E-state index is -0.705. The van der Waals surface area contributed by atoms with Crippen LogP contribution in [0.1, 0.15) is 40.5 Å². The summed E-state index contributed by atoms with van der Waals surface area (Å²) in [5.74, 6) is -0.446. The Kier molecular flexibility index (Phi) is 8.09. The van der Waals surface area contributed by atoms with E-state index < -0.39 is 12.0 Å². The number of nitriles is 1. The molecule has 0 amide bonds. The van der Waals surface area contributed by atoms with E-state index in [4.69, 9.17) is 5.26 Å². The molecule has 2 heteroatoms. The Morgan fingerprint density at radius 3 is 2.47 bits per heavy atom. The van der Waals surface area contributed by atoms with Crippen LogP contribution in [0.3, 0.4) is 0 Å². The Morgan fingerprint density at radius 2 is 2.00 bits per heavy atom. The van der Waals surface area contributed by atoms with Gasteiger partial charge in [0.2, 0.25) is 0 Å². The van der Waals surface area contributed by atoms with E-state index in [0.29, 0.717) is 0 Å². The summed E-state index contributed by atoms with van der Waals surface area (Å²) in [6.45, 7) is 7.99. The van der Waals surface area contributed by atoms with Gasteiger partial charge in [0.1, 0.15) is 0 Å². The molecule has 0 saturated carbocycles. The highest BCUT2D eigenvalue weighted by Crippen LogP contribution is 2.13. The molecule has 0 spiro atoms. The summed E-state index contributed by atoms with van der Waals surface area (Å²) in [4.78, 5) is 0. The summed E-state index contributed by atoms with van der Waals surface area (Å²) in [5, 5.41) is 18.7. The van der Waals surface area contributed by atoms with Gasteiger partial charge in [-0.3, -0.25) is 0 Å². The second-order valence-electron chi connectivity index (χ2n) is 4.50. The second kappa shape index (κ2) is 8.78. The van der Waals surface area contributed by atoms with E-state index in [1.165, 1.54) is 5.57 Å².